The molecule has 2 fully saturated rings. The Morgan fingerprint density at radius 2 is 2.21 bits per heavy atom. The molecule has 1 unspecified atom stereocenters. The predicted molar refractivity (Wildman–Crippen MR) is 77.9 cm³/mol. The minimum Gasteiger partial charge on any atom is -0.375 e. The van der Waals surface area contributed by atoms with E-state index in [1.165, 1.54) is 17.7 Å². The zero-order valence-electron chi connectivity index (χ0n) is 11.6. The molecule has 0 amide bonds. The van der Waals surface area contributed by atoms with Gasteiger partial charge >= 0.3 is 0 Å². The van der Waals surface area contributed by atoms with Crippen molar-refractivity contribution in [3.8, 4) is 0 Å². The number of rotatable bonds is 3. The van der Waals surface area contributed by atoms with Crippen LogP contribution < -0.4 is 0 Å². The van der Waals surface area contributed by atoms with E-state index in [1.54, 1.807) is 11.3 Å². The van der Waals surface area contributed by atoms with Crippen molar-refractivity contribution in [1.29, 1.82) is 0 Å². The maximum atomic E-state index is 12.6. The van der Waals surface area contributed by atoms with Crippen molar-refractivity contribution < 1.29 is 9.53 Å². The van der Waals surface area contributed by atoms with E-state index < -0.39 is 0 Å². The molecule has 3 heteroatoms. The van der Waals surface area contributed by atoms with Gasteiger partial charge in [-0.3, -0.25) is 4.79 Å². The van der Waals surface area contributed by atoms with Crippen molar-refractivity contribution in [3.05, 3.63) is 21.9 Å². The Labute approximate surface area is 119 Å². The molecular formula is C16H22O2S. The SMILES string of the molecule is CCc1ccc(C(=O)C2CCOC3(CCCC3)C2)s1. The van der Waals surface area contributed by atoms with E-state index in [4.69, 9.17) is 4.74 Å². The van der Waals surface area contributed by atoms with Crippen LogP contribution in [0.1, 0.15) is 60.0 Å². The molecule has 2 aliphatic rings. The molecule has 0 N–H and O–H groups in total. The first kappa shape index (κ1) is 13.3. The quantitative estimate of drug-likeness (QED) is 0.773. The molecule has 1 aliphatic heterocycles. The maximum Gasteiger partial charge on any atom is 0.176 e. The molecule has 1 saturated heterocycles. The van der Waals surface area contributed by atoms with Crippen LogP contribution in [0.2, 0.25) is 0 Å². The molecule has 1 aliphatic carbocycles. The highest BCUT2D eigenvalue weighted by molar-refractivity contribution is 7.14. The fourth-order valence-electron chi connectivity index (χ4n) is 3.52. The maximum absolute atomic E-state index is 12.6. The Morgan fingerprint density at radius 1 is 1.42 bits per heavy atom. The normalized spacial score (nSPS) is 25.8. The summed E-state index contributed by atoms with van der Waals surface area (Å²) in [6.45, 7) is 2.91. The van der Waals surface area contributed by atoms with Crippen molar-refractivity contribution in [2.75, 3.05) is 6.61 Å². The third-order valence-electron chi connectivity index (χ3n) is 4.63. The van der Waals surface area contributed by atoms with Gasteiger partial charge in [-0.2, -0.15) is 0 Å². The van der Waals surface area contributed by atoms with Gasteiger partial charge in [0.15, 0.2) is 5.78 Å². The van der Waals surface area contributed by atoms with Crippen LogP contribution in [0.3, 0.4) is 0 Å². The summed E-state index contributed by atoms with van der Waals surface area (Å²) >= 11 is 1.68. The highest BCUT2D eigenvalue weighted by Gasteiger charge is 2.42. The van der Waals surface area contributed by atoms with E-state index in [-0.39, 0.29) is 11.5 Å². The van der Waals surface area contributed by atoms with E-state index >= 15 is 0 Å². The largest absolute Gasteiger partial charge is 0.375 e. The Bertz CT molecular complexity index is 457. The fraction of sp³-hybridized carbons (Fsp3) is 0.688. The second kappa shape index (κ2) is 5.37. The van der Waals surface area contributed by atoms with Gasteiger partial charge in [-0.25, -0.2) is 0 Å². The molecule has 0 radical (unpaired) electrons. The summed E-state index contributed by atoms with van der Waals surface area (Å²) in [5.74, 6) is 0.550. The van der Waals surface area contributed by atoms with Crippen LogP contribution in [0.15, 0.2) is 12.1 Å². The van der Waals surface area contributed by atoms with Crippen LogP contribution in [-0.2, 0) is 11.2 Å². The lowest BCUT2D eigenvalue weighted by Crippen LogP contribution is -2.39. The number of carbonyl (C=O) groups excluding carboxylic acids is 1. The number of hydrogen-bond acceptors (Lipinski definition) is 3. The van der Waals surface area contributed by atoms with Gasteiger partial charge in [0.2, 0.25) is 0 Å². The number of Topliss-reactive ketones (excluding diaryl/α,β-unsaturated/α-hetero) is 1. The third-order valence-corrected chi connectivity index (χ3v) is 5.88. The minimum atomic E-state index is 0.0451. The Kier molecular flexibility index (Phi) is 3.77. The fourth-order valence-corrected chi connectivity index (χ4v) is 4.49. The van der Waals surface area contributed by atoms with Crippen LogP contribution in [0.25, 0.3) is 0 Å². The van der Waals surface area contributed by atoms with Crippen LogP contribution >= 0.6 is 11.3 Å². The number of hydrogen-bond donors (Lipinski definition) is 0. The Balaban J connectivity index is 1.72. The second-order valence-electron chi connectivity index (χ2n) is 5.91. The lowest BCUT2D eigenvalue weighted by Gasteiger charge is -2.37. The zero-order chi connectivity index (χ0) is 13.3. The average molecular weight is 278 g/mol. The molecular weight excluding hydrogens is 256 g/mol. The summed E-state index contributed by atoms with van der Waals surface area (Å²) in [5, 5.41) is 0. The molecule has 19 heavy (non-hydrogen) atoms. The van der Waals surface area contributed by atoms with Gasteiger partial charge in [0.05, 0.1) is 10.5 Å². The smallest absolute Gasteiger partial charge is 0.176 e. The van der Waals surface area contributed by atoms with E-state index in [0.717, 1.165) is 43.6 Å². The Morgan fingerprint density at radius 3 is 2.89 bits per heavy atom. The molecule has 3 rings (SSSR count). The number of ketones is 1. The van der Waals surface area contributed by atoms with Crippen molar-refractivity contribution >= 4 is 17.1 Å². The average Bonchev–Trinajstić information content (AvgIpc) is 3.07. The number of carbonyl (C=O) groups is 1. The molecule has 2 heterocycles. The standard InChI is InChI=1S/C16H22O2S/c1-2-13-5-6-14(19-13)15(17)12-7-10-18-16(11-12)8-3-4-9-16/h5-6,12H,2-4,7-11H2,1H3. The lowest BCUT2D eigenvalue weighted by molar-refractivity contribution is -0.0865. The first-order valence-electron chi connectivity index (χ1n) is 7.49. The van der Waals surface area contributed by atoms with Gasteiger partial charge in [0.25, 0.3) is 0 Å². The topological polar surface area (TPSA) is 26.3 Å². The molecule has 1 spiro atoms. The molecule has 2 nitrogen and oxygen atoms in total. The van der Waals surface area contributed by atoms with Gasteiger partial charge in [-0.05, 0) is 44.2 Å². The molecule has 104 valence electrons. The zero-order valence-corrected chi connectivity index (χ0v) is 12.4. The van der Waals surface area contributed by atoms with Gasteiger partial charge in [0, 0.05) is 17.4 Å². The first-order valence-corrected chi connectivity index (χ1v) is 8.31. The minimum absolute atomic E-state index is 0.0451. The van der Waals surface area contributed by atoms with Crippen LogP contribution in [0.4, 0.5) is 0 Å². The van der Waals surface area contributed by atoms with E-state index in [1.807, 2.05) is 6.07 Å². The van der Waals surface area contributed by atoms with E-state index in [2.05, 4.69) is 13.0 Å². The van der Waals surface area contributed by atoms with Gasteiger partial charge < -0.3 is 4.74 Å². The summed E-state index contributed by atoms with van der Waals surface area (Å²) in [7, 11) is 0. The Hall–Kier alpha value is -0.670. The predicted octanol–water partition coefficient (Wildman–Crippen LogP) is 4.23. The van der Waals surface area contributed by atoms with Crippen molar-refractivity contribution in [3.63, 3.8) is 0 Å². The summed E-state index contributed by atoms with van der Waals surface area (Å²) < 4.78 is 6.02. The summed E-state index contributed by atoms with van der Waals surface area (Å²) in [5.41, 5.74) is 0.0451. The van der Waals surface area contributed by atoms with E-state index in [9.17, 15) is 4.79 Å². The van der Waals surface area contributed by atoms with Crippen molar-refractivity contribution in [2.24, 2.45) is 5.92 Å². The summed E-state index contributed by atoms with van der Waals surface area (Å²) in [4.78, 5) is 14.9. The summed E-state index contributed by atoms with van der Waals surface area (Å²) in [6, 6.07) is 4.12. The lowest BCUT2D eigenvalue weighted by atomic mass is 9.82. The molecule has 1 aromatic heterocycles. The van der Waals surface area contributed by atoms with Crippen molar-refractivity contribution in [1.82, 2.24) is 0 Å². The van der Waals surface area contributed by atoms with Crippen LogP contribution in [0.5, 0.6) is 0 Å². The van der Waals surface area contributed by atoms with Crippen LogP contribution in [0, 0.1) is 5.92 Å². The third kappa shape index (κ3) is 2.63. The number of ether oxygens (including phenoxy) is 1. The number of thiophene rings is 1. The highest BCUT2D eigenvalue weighted by atomic mass is 32.1. The van der Waals surface area contributed by atoms with E-state index in [0.29, 0.717) is 5.78 Å². The molecule has 1 atom stereocenters. The highest BCUT2D eigenvalue weighted by Crippen LogP contribution is 2.43. The van der Waals surface area contributed by atoms with Crippen LogP contribution in [-0.4, -0.2) is 18.0 Å². The first-order chi connectivity index (χ1) is 9.22. The molecule has 0 aromatic carbocycles. The van der Waals surface area contributed by atoms with Gasteiger partial charge in [0.1, 0.15) is 0 Å². The van der Waals surface area contributed by atoms with Crippen molar-refractivity contribution in [2.45, 2.75) is 57.5 Å². The van der Waals surface area contributed by atoms with Gasteiger partial charge in [-0.15, -0.1) is 11.3 Å². The molecule has 0 bridgehead atoms. The van der Waals surface area contributed by atoms with Gasteiger partial charge in [-0.1, -0.05) is 19.8 Å². The molecule has 1 saturated carbocycles. The summed E-state index contributed by atoms with van der Waals surface area (Å²) in [6.07, 6.45) is 7.71. The number of aryl methyl sites for hydroxylation is 1. The second-order valence-corrected chi connectivity index (χ2v) is 7.08. The molecule has 1 aromatic rings. The monoisotopic (exact) mass is 278 g/mol.